The van der Waals surface area contributed by atoms with Crippen LogP contribution < -0.4 is 5.32 Å². The fourth-order valence-corrected chi connectivity index (χ4v) is 3.04. The lowest BCUT2D eigenvalue weighted by molar-refractivity contribution is -0.131. The van der Waals surface area contributed by atoms with E-state index in [9.17, 15) is 4.79 Å². The van der Waals surface area contributed by atoms with Crippen LogP contribution in [0.5, 0.6) is 0 Å². The third-order valence-corrected chi connectivity index (χ3v) is 3.96. The van der Waals surface area contributed by atoms with Crippen molar-refractivity contribution in [1.29, 1.82) is 0 Å². The number of nitrogens with one attached hydrogen (secondary N) is 1. The Morgan fingerprint density at radius 1 is 1.47 bits per heavy atom. The van der Waals surface area contributed by atoms with Gasteiger partial charge >= 0.3 is 0 Å². The van der Waals surface area contributed by atoms with E-state index >= 15 is 0 Å². The van der Waals surface area contributed by atoms with Crippen molar-refractivity contribution in [2.75, 3.05) is 6.54 Å². The summed E-state index contributed by atoms with van der Waals surface area (Å²) < 4.78 is 0. The molecule has 1 amide bonds. The molecule has 1 aliphatic heterocycles. The summed E-state index contributed by atoms with van der Waals surface area (Å²) in [7, 11) is 0. The average Bonchev–Trinajstić information content (AvgIpc) is 2.72. The molecule has 0 saturated carbocycles. The topological polar surface area (TPSA) is 32.3 Å². The summed E-state index contributed by atoms with van der Waals surface area (Å²) in [4.78, 5) is 14.2. The average molecular weight is 281 g/mol. The Labute approximate surface area is 119 Å². The summed E-state index contributed by atoms with van der Waals surface area (Å²) in [6.07, 6.45) is 0.904. The van der Waals surface area contributed by atoms with E-state index < -0.39 is 0 Å². The molecule has 0 spiro atoms. The Balaban J connectivity index is 2.31. The SMILES string of the molecule is CCC(C(C)C)N1C(=O)CNC1c1cccc(Cl)c1. The molecule has 1 N–H and O–H groups in total. The van der Waals surface area contributed by atoms with Crippen molar-refractivity contribution in [3.63, 3.8) is 0 Å². The van der Waals surface area contributed by atoms with Crippen LogP contribution in [0.4, 0.5) is 0 Å². The molecule has 0 aliphatic carbocycles. The Hall–Kier alpha value is -1.06. The van der Waals surface area contributed by atoms with Gasteiger partial charge in [0.1, 0.15) is 6.17 Å². The number of nitrogens with zero attached hydrogens (tertiary/aromatic N) is 1. The van der Waals surface area contributed by atoms with Crippen molar-refractivity contribution in [1.82, 2.24) is 10.2 Å². The lowest BCUT2D eigenvalue weighted by Gasteiger charge is -2.35. The van der Waals surface area contributed by atoms with Gasteiger partial charge in [-0.3, -0.25) is 10.1 Å². The van der Waals surface area contributed by atoms with Gasteiger partial charge in [-0.25, -0.2) is 0 Å². The van der Waals surface area contributed by atoms with E-state index in [1.807, 2.05) is 29.2 Å². The molecule has 1 saturated heterocycles. The number of carbonyl (C=O) groups excluding carboxylic acids is 1. The first-order valence-corrected chi connectivity index (χ1v) is 7.22. The van der Waals surface area contributed by atoms with Crippen LogP contribution in [0.25, 0.3) is 0 Å². The largest absolute Gasteiger partial charge is 0.319 e. The molecule has 19 heavy (non-hydrogen) atoms. The first-order chi connectivity index (χ1) is 9.04. The summed E-state index contributed by atoms with van der Waals surface area (Å²) in [5.41, 5.74) is 1.05. The van der Waals surface area contributed by atoms with Crippen LogP contribution in [-0.2, 0) is 4.79 Å². The normalized spacial score (nSPS) is 21.2. The number of hydrogen-bond donors (Lipinski definition) is 1. The highest BCUT2D eigenvalue weighted by molar-refractivity contribution is 6.30. The molecule has 0 radical (unpaired) electrons. The van der Waals surface area contributed by atoms with Gasteiger partial charge in [-0.1, -0.05) is 44.5 Å². The van der Waals surface area contributed by atoms with Crippen LogP contribution in [0.15, 0.2) is 24.3 Å². The molecule has 2 rings (SSSR count). The van der Waals surface area contributed by atoms with Gasteiger partial charge in [-0.15, -0.1) is 0 Å². The lowest BCUT2D eigenvalue weighted by Crippen LogP contribution is -2.42. The van der Waals surface area contributed by atoms with Crippen molar-refractivity contribution in [2.45, 2.75) is 39.4 Å². The predicted octanol–water partition coefficient (Wildman–Crippen LogP) is 3.21. The first kappa shape index (κ1) is 14.4. The summed E-state index contributed by atoms with van der Waals surface area (Å²) in [6.45, 7) is 6.86. The van der Waals surface area contributed by atoms with Crippen molar-refractivity contribution in [3.8, 4) is 0 Å². The van der Waals surface area contributed by atoms with E-state index in [1.54, 1.807) is 0 Å². The maximum Gasteiger partial charge on any atom is 0.238 e. The van der Waals surface area contributed by atoms with Gasteiger partial charge in [0, 0.05) is 11.1 Å². The molecule has 3 nitrogen and oxygen atoms in total. The molecule has 1 fully saturated rings. The third kappa shape index (κ3) is 2.93. The minimum Gasteiger partial charge on any atom is -0.319 e. The standard InChI is InChI=1S/C15H21ClN2O/c1-4-13(10(2)3)18-14(19)9-17-15(18)11-6-5-7-12(16)8-11/h5-8,10,13,15,17H,4,9H2,1-3H3. The van der Waals surface area contributed by atoms with Gasteiger partial charge < -0.3 is 4.90 Å². The number of carbonyl (C=O) groups is 1. The predicted molar refractivity (Wildman–Crippen MR) is 78.0 cm³/mol. The molecule has 2 unspecified atom stereocenters. The molecule has 1 aliphatic rings. The first-order valence-electron chi connectivity index (χ1n) is 6.84. The molecular formula is C15H21ClN2O. The van der Waals surface area contributed by atoms with Crippen molar-refractivity contribution >= 4 is 17.5 Å². The Bertz CT molecular complexity index is 461. The second kappa shape index (κ2) is 5.93. The van der Waals surface area contributed by atoms with Crippen LogP contribution in [0, 0.1) is 5.92 Å². The molecule has 2 atom stereocenters. The van der Waals surface area contributed by atoms with Gasteiger partial charge in [-0.05, 0) is 30.0 Å². The summed E-state index contributed by atoms with van der Waals surface area (Å²) >= 11 is 6.05. The zero-order valence-electron chi connectivity index (χ0n) is 11.7. The highest BCUT2D eigenvalue weighted by Gasteiger charge is 2.37. The smallest absolute Gasteiger partial charge is 0.238 e. The van der Waals surface area contributed by atoms with Crippen LogP contribution in [0.2, 0.25) is 5.02 Å². The number of amides is 1. The zero-order chi connectivity index (χ0) is 14.0. The minimum atomic E-state index is -0.0569. The van der Waals surface area contributed by atoms with Crippen LogP contribution in [-0.4, -0.2) is 23.4 Å². The number of benzene rings is 1. The summed E-state index contributed by atoms with van der Waals surface area (Å²) in [6, 6.07) is 7.98. The fourth-order valence-electron chi connectivity index (χ4n) is 2.84. The molecule has 0 bridgehead atoms. The maximum atomic E-state index is 12.2. The van der Waals surface area contributed by atoms with Crippen molar-refractivity contribution in [2.24, 2.45) is 5.92 Å². The van der Waals surface area contributed by atoms with E-state index in [4.69, 9.17) is 11.6 Å². The highest BCUT2D eigenvalue weighted by Crippen LogP contribution is 2.30. The summed E-state index contributed by atoms with van der Waals surface area (Å²) in [5, 5.41) is 3.99. The molecular weight excluding hydrogens is 260 g/mol. The van der Waals surface area contributed by atoms with E-state index in [0.717, 1.165) is 12.0 Å². The highest BCUT2D eigenvalue weighted by atomic mass is 35.5. The number of rotatable bonds is 4. The van der Waals surface area contributed by atoms with Gasteiger partial charge in [0.25, 0.3) is 0 Å². The molecule has 1 heterocycles. The van der Waals surface area contributed by atoms with Crippen molar-refractivity contribution < 1.29 is 4.79 Å². The Morgan fingerprint density at radius 3 is 2.79 bits per heavy atom. The van der Waals surface area contributed by atoms with Crippen LogP contribution in [0.3, 0.4) is 0 Å². The Morgan fingerprint density at radius 2 is 2.21 bits per heavy atom. The van der Waals surface area contributed by atoms with Crippen molar-refractivity contribution in [3.05, 3.63) is 34.9 Å². The number of halogens is 1. The molecule has 4 heteroatoms. The van der Waals surface area contributed by atoms with Crippen LogP contribution >= 0.6 is 11.6 Å². The molecule has 1 aromatic rings. The monoisotopic (exact) mass is 280 g/mol. The number of hydrogen-bond acceptors (Lipinski definition) is 2. The van der Waals surface area contributed by atoms with Gasteiger partial charge in [0.15, 0.2) is 0 Å². The molecule has 104 valence electrons. The molecule has 0 aromatic heterocycles. The van der Waals surface area contributed by atoms with E-state index in [-0.39, 0.29) is 18.1 Å². The van der Waals surface area contributed by atoms with Gasteiger partial charge in [0.05, 0.1) is 6.54 Å². The van der Waals surface area contributed by atoms with Gasteiger partial charge in [-0.2, -0.15) is 0 Å². The quantitative estimate of drug-likeness (QED) is 0.919. The van der Waals surface area contributed by atoms with E-state index in [0.29, 0.717) is 17.5 Å². The third-order valence-electron chi connectivity index (χ3n) is 3.72. The lowest BCUT2D eigenvalue weighted by atomic mass is 9.98. The van der Waals surface area contributed by atoms with E-state index in [1.165, 1.54) is 0 Å². The van der Waals surface area contributed by atoms with E-state index in [2.05, 4.69) is 26.1 Å². The molecule has 1 aromatic carbocycles. The Kier molecular flexibility index (Phi) is 4.48. The van der Waals surface area contributed by atoms with Gasteiger partial charge in [0.2, 0.25) is 5.91 Å². The maximum absolute atomic E-state index is 12.2. The second-order valence-electron chi connectivity index (χ2n) is 5.36. The summed E-state index contributed by atoms with van der Waals surface area (Å²) in [5.74, 6) is 0.612. The zero-order valence-corrected chi connectivity index (χ0v) is 12.4. The van der Waals surface area contributed by atoms with Crippen LogP contribution in [0.1, 0.15) is 38.9 Å². The minimum absolute atomic E-state index is 0.0569. The fraction of sp³-hybridized carbons (Fsp3) is 0.533. The second-order valence-corrected chi connectivity index (χ2v) is 5.80.